The maximum atomic E-state index is 11.8. The van der Waals surface area contributed by atoms with E-state index in [0.717, 1.165) is 0 Å². The van der Waals surface area contributed by atoms with Crippen LogP contribution in [0.5, 0.6) is 0 Å². The molecule has 0 rings (SSSR count). The van der Waals surface area contributed by atoms with Gasteiger partial charge in [0.1, 0.15) is 0 Å². The van der Waals surface area contributed by atoms with Crippen molar-refractivity contribution in [1.29, 1.82) is 0 Å². The summed E-state index contributed by atoms with van der Waals surface area (Å²) in [6.07, 6.45) is 0. The zero-order valence-corrected chi connectivity index (χ0v) is 11.6. The summed E-state index contributed by atoms with van der Waals surface area (Å²) in [4.78, 5) is 0. The second-order valence-corrected chi connectivity index (χ2v) is 7.97. The SMILES string of the molecule is CC(C)C(C)S(=O)(=O)CCNC(C)(C)C. The normalized spacial score (nSPS) is 15.7. The lowest BCUT2D eigenvalue weighted by atomic mass is 10.1. The Labute approximate surface area is 94.6 Å². The Hall–Kier alpha value is -0.0900. The van der Waals surface area contributed by atoms with Gasteiger partial charge in [0.25, 0.3) is 0 Å². The average Bonchev–Trinajstić information content (AvgIpc) is 1.99. The van der Waals surface area contributed by atoms with Crippen molar-refractivity contribution in [3.8, 4) is 0 Å². The molecule has 0 fully saturated rings. The van der Waals surface area contributed by atoms with Gasteiger partial charge in [0.05, 0.1) is 11.0 Å². The molecule has 0 spiro atoms. The fourth-order valence-electron chi connectivity index (χ4n) is 1.17. The molecule has 1 unspecified atom stereocenters. The molecule has 4 heteroatoms. The van der Waals surface area contributed by atoms with Crippen LogP contribution in [0.15, 0.2) is 0 Å². The minimum atomic E-state index is -2.94. The van der Waals surface area contributed by atoms with Gasteiger partial charge in [-0.05, 0) is 33.6 Å². The van der Waals surface area contributed by atoms with Crippen LogP contribution >= 0.6 is 0 Å². The Balaban J connectivity index is 4.18. The Morgan fingerprint density at radius 3 is 1.93 bits per heavy atom. The average molecular weight is 235 g/mol. The molecule has 0 saturated heterocycles. The van der Waals surface area contributed by atoms with Crippen LogP contribution in [0.25, 0.3) is 0 Å². The maximum absolute atomic E-state index is 11.8. The fraction of sp³-hybridized carbons (Fsp3) is 1.00. The molecule has 15 heavy (non-hydrogen) atoms. The summed E-state index contributed by atoms with van der Waals surface area (Å²) in [5.41, 5.74) is -0.0173. The first-order valence-electron chi connectivity index (χ1n) is 5.53. The van der Waals surface area contributed by atoms with Crippen LogP contribution in [-0.4, -0.2) is 31.5 Å². The summed E-state index contributed by atoms with van der Waals surface area (Å²) in [5, 5.41) is 2.94. The molecule has 1 N–H and O–H groups in total. The van der Waals surface area contributed by atoms with E-state index in [1.165, 1.54) is 0 Å². The molecule has 0 bridgehead atoms. The first-order chi connectivity index (χ1) is 6.56. The molecular weight excluding hydrogens is 210 g/mol. The molecular formula is C11H25NO2S. The molecule has 1 atom stereocenters. The highest BCUT2D eigenvalue weighted by Gasteiger charge is 2.23. The Bertz CT molecular complexity index is 275. The summed E-state index contributed by atoms with van der Waals surface area (Å²) in [6.45, 7) is 12.3. The van der Waals surface area contributed by atoms with Crippen LogP contribution < -0.4 is 5.32 Å². The second kappa shape index (κ2) is 5.30. The van der Waals surface area contributed by atoms with Gasteiger partial charge in [-0.25, -0.2) is 8.42 Å². The molecule has 0 aromatic rings. The second-order valence-electron chi connectivity index (χ2n) is 5.49. The van der Waals surface area contributed by atoms with Crippen molar-refractivity contribution in [2.24, 2.45) is 5.92 Å². The first kappa shape index (κ1) is 14.9. The van der Waals surface area contributed by atoms with E-state index >= 15 is 0 Å². The third-order valence-electron chi connectivity index (χ3n) is 2.55. The first-order valence-corrected chi connectivity index (χ1v) is 7.24. The van der Waals surface area contributed by atoms with Gasteiger partial charge in [0.15, 0.2) is 9.84 Å². The van der Waals surface area contributed by atoms with Crippen molar-refractivity contribution in [2.45, 2.75) is 52.3 Å². The molecule has 0 saturated carbocycles. The topological polar surface area (TPSA) is 46.2 Å². The predicted octanol–water partition coefficient (Wildman–Crippen LogP) is 1.83. The van der Waals surface area contributed by atoms with Crippen LogP contribution in [0, 0.1) is 5.92 Å². The Morgan fingerprint density at radius 1 is 1.13 bits per heavy atom. The van der Waals surface area contributed by atoms with E-state index in [-0.39, 0.29) is 22.5 Å². The van der Waals surface area contributed by atoms with Crippen LogP contribution in [0.3, 0.4) is 0 Å². The lowest BCUT2D eigenvalue weighted by Crippen LogP contribution is -2.40. The molecule has 0 aromatic carbocycles. The predicted molar refractivity (Wildman–Crippen MR) is 65.8 cm³/mol. The van der Waals surface area contributed by atoms with E-state index in [1.807, 2.05) is 34.6 Å². The zero-order valence-electron chi connectivity index (χ0n) is 10.8. The molecule has 3 nitrogen and oxygen atoms in total. The minimum Gasteiger partial charge on any atom is -0.311 e. The van der Waals surface area contributed by atoms with Gasteiger partial charge in [-0.15, -0.1) is 0 Å². The van der Waals surface area contributed by atoms with E-state index in [2.05, 4.69) is 5.32 Å². The third-order valence-corrected chi connectivity index (χ3v) is 5.00. The molecule has 0 aromatic heterocycles. The van der Waals surface area contributed by atoms with Crippen molar-refractivity contribution in [3.63, 3.8) is 0 Å². The highest BCUT2D eigenvalue weighted by molar-refractivity contribution is 7.92. The van der Waals surface area contributed by atoms with Gasteiger partial charge < -0.3 is 5.32 Å². The summed E-state index contributed by atoms with van der Waals surface area (Å²) in [6, 6.07) is 0. The maximum Gasteiger partial charge on any atom is 0.154 e. The van der Waals surface area contributed by atoms with E-state index in [1.54, 1.807) is 6.92 Å². The van der Waals surface area contributed by atoms with Crippen molar-refractivity contribution in [2.75, 3.05) is 12.3 Å². The standard InChI is InChI=1S/C11H25NO2S/c1-9(2)10(3)15(13,14)8-7-12-11(4,5)6/h9-10,12H,7-8H2,1-6H3. The molecule has 0 radical (unpaired) electrons. The van der Waals surface area contributed by atoms with Crippen molar-refractivity contribution in [1.82, 2.24) is 5.32 Å². The van der Waals surface area contributed by atoms with Crippen molar-refractivity contribution < 1.29 is 8.42 Å². The summed E-state index contributed by atoms with van der Waals surface area (Å²) in [5.74, 6) is 0.411. The van der Waals surface area contributed by atoms with Gasteiger partial charge in [0.2, 0.25) is 0 Å². The van der Waals surface area contributed by atoms with Crippen LogP contribution in [0.1, 0.15) is 41.5 Å². The molecule has 0 amide bonds. The quantitative estimate of drug-likeness (QED) is 0.791. The van der Waals surface area contributed by atoms with Crippen molar-refractivity contribution >= 4 is 9.84 Å². The van der Waals surface area contributed by atoms with E-state index < -0.39 is 9.84 Å². The summed E-state index contributed by atoms with van der Waals surface area (Å²) >= 11 is 0. The number of hydrogen-bond acceptors (Lipinski definition) is 3. The van der Waals surface area contributed by atoms with Crippen LogP contribution in [0.2, 0.25) is 0 Å². The summed E-state index contributed by atoms with van der Waals surface area (Å²) in [7, 11) is -2.94. The van der Waals surface area contributed by atoms with E-state index in [4.69, 9.17) is 0 Å². The van der Waals surface area contributed by atoms with Crippen LogP contribution in [0.4, 0.5) is 0 Å². The van der Waals surface area contributed by atoms with Gasteiger partial charge in [-0.3, -0.25) is 0 Å². The molecule has 0 heterocycles. The highest BCUT2D eigenvalue weighted by Crippen LogP contribution is 2.12. The Kier molecular flexibility index (Phi) is 5.27. The third kappa shape index (κ3) is 6.15. The number of sulfone groups is 1. The molecule has 0 aliphatic carbocycles. The molecule has 92 valence electrons. The van der Waals surface area contributed by atoms with Gasteiger partial charge in [-0.2, -0.15) is 0 Å². The van der Waals surface area contributed by atoms with Gasteiger partial charge in [0, 0.05) is 12.1 Å². The van der Waals surface area contributed by atoms with E-state index in [0.29, 0.717) is 6.54 Å². The molecule has 0 aliphatic rings. The van der Waals surface area contributed by atoms with Crippen LogP contribution in [-0.2, 0) is 9.84 Å². The number of hydrogen-bond donors (Lipinski definition) is 1. The molecule has 0 aliphatic heterocycles. The summed E-state index contributed by atoms with van der Waals surface area (Å²) < 4.78 is 23.6. The number of rotatable bonds is 5. The van der Waals surface area contributed by atoms with Gasteiger partial charge in [-0.1, -0.05) is 13.8 Å². The lowest BCUT2D eigenvalue weighted by molar-refractivity contribution is 0.437. The van der Waals surface area contributed by atoms with E-state index in [9.17, 15) is 8.42 Å². The highest BCUT2D eigenvalue weighted by atomic mass is 32.2. The monoisotopic (exact) mass is 235 g/mol. The zero-order chi connectivity index (χ0) is 12.3. The smallest absolute Gasteiger partial charge is 0.154 e. The fourth-order valence-corrected chi connectivity index (χ4v) is 2.76. The van der Waals surface area contributed by atoms with Gasteiger partial charge >= 0.3 is 0 Å². The largest absolute Gasteiger partial charge is 0.311 e. The Morgan fingerprint density at radius 2 is 1.60 bits per heavy atom. The van der Waals surface area contributed by atoms with Crippen molar-refractivity contribution in [3.05, 3.63) is 0 Å². The minimum absolute atomic E-state index is 0.0173. The number of nitrogens with one attached hydrogen (secondary N) is 1. The lowest BCUT2D eigenvalue weighted by Gasteiger charge is -2.22.